The van der Waals surface area contributed by atoms with Crippen molar-refractivity contribution in [3.05, 3.63) is 56.8 Å². The zero-order chi connectivity index (χ0) is 23.4. The molecule has 1 aromatic heterocycles. The van der Waals surface area contributed by atoms with Crippen molar-refractivity contribution in [3.63, 3.8) is 0 Å². The van der Waals surface area contributed by atoms with Crippen LogP contribution in [0.25, 0.3) is 0 Å². The van der Waals surface area contributed by atoms with E-state index in [2.05, 4.69) is 54.9 Å². The van der Waals surface area contributed by atoms with Gasteiger partial charge in [-0.25, -0.2) is 0 Å². The Kier molecular flexibility index (Phi) is 13.1. The number of hydrogen-bond donors (Lipinski definition) is 0. The lowest BCUT2D eigenvalue weighted by Crippen LogP contribution is -2.18. The van der Waals surface area contributed by atoms with E-state index in [1.807, 2.05) is 41.0 Å². The predicted octanol–water partition coefficient (Wildman–Crippen LogP) is 9.05. The Hall–Kier alpha value is -1.35. The van der Waals surface area contributed by atoms with E-state index in [1.165, 1.54) is 60.1 Å². The second-order valence-corrected chi connectivity index (χ2v) is 8.82. The highest BCUT2D eigenvalue weighted by Crippen LogP contribution is 2.46. The number of halogens is 1. The van der Waals surface area contributed by atoms with Gasteiger partial charge in [0.05, 0.1) is 12.8 Å². The van der Waals surface area contributed by atoms with Crippen LogP contribution in [0.1, 0.15) is 108 Å². The van der Waals surface area contributed by atoms with E-state index in [-0.39, 0.29) is 0 Å². The first-order valence-electron chi connectivity index (χ1n) is 12.4. The molecule has 0 radical (unpaired) electrons. The number of aromatic nitrogens is 1. The third-order valence-corrected chi connectivity index (χ3v) is 6.32. The third-order valence-electron chi connectivity index (χ3n) is 5.89. The quantitative estimate of drug-likeness (QED) is 0.386. The first-order valence-corrected chi connectivity index (χ1v) is 13.2. The summed E-state index contributed by atoms with van der Waals surface area (Å²) in [5.74, 6) is 1.98. The fourth-order valence-corrected chi connectivity index (χ4v) is 5.10. The molecule has 2 atom stereocenters. The topological polar surface area (TPSA) is 22.1 Å². The summed E-state index contributed by atoms with van der Waals surface area (Å²) in [6.07, 6.45) is 10.3. The van der Waals surface area contributed by atoms with Crippen LogP contribution in [-0.4, -0.2) is 12.1 Å². The molecule has 0 saturated heterocycles. The summed E-state index contributed by atoms with van der Waals surface area (Å²) in [7, 11) is 1.81. The van der Waals surface area contributed by atoms with Crippen molar-refractivity contribution in [1.82, 2.24) is 4.98 Å². The molecular weight excluding hydrogens is 446 g/mol. The van der Waals surface area contributed by atoms with Gasteiger partial charge < -0.3 is 4.74 Å². The van der Waals surface area contributed by atoms with Crippen molar-refractivity contribution in [2.75, 3.05) is 7.11 Å². The molecule has 0 amide bonds. The molecular formula is C28H44BrNO. The Bertz CT molecular complexity index is 787. The average molecular weight is 491 g/mol. The molecule has 0 N–H and O–H groups in total. The highest BCUT2D eigenvalue weighted by molar-refractivity contribution is 9.10. The molecule has 1 aromatic carbocycles. The normalized spacial score (nSPS) is 15.2. The van der Waals surface area contributed by atoms with Gasteiger partial charge in [-0.1, -0.05) is 66.9 Å². The van der Waals surface area contributed by atoms with Crippen LogP contribution >= 0.6 is 15.9 Å². The fraction of sp³-hybridized carbons (Fsp3) is 0.607. The molecule has 1 aliphatic carbocycles. The van der Waals surface area contributed by atoms with Crippen LogP contribution in [0, 0.1) is 12.8 Å². The minimum atomic E-state index is 0.327. The smallest absolute Gasteiger partial charge is 0.123 e. The van der Waals surface area contributed by atoms with Crippen molar-refractivity contribution in [3.8, 4) is 5.75 Å². The van der Waals surface area contributed by atoms with Gasteiger partial charge in [0.15, 0.2) is 0 Å². The maximum absolute atomic E-state index is 5.91. The number of methoxy groups -OCH3 is 1. The van der Waals surface area contributed by atoms with E-state index in [0.717, 1.165) is 23.1 Å². The monoisotopic (exact) mass is 489 g/mol. The fourth-order valence-electron chi connectivity index (χ4n) is 4.72. The van der Waals surface area contributed by atoms with Gasteiger partial charge in [0.2, 0.25) is 0 Å². The van der Waals surface area contributed by atoms with Crippen LogP contribution in [0.4, 0.5) is 0 Å². The Labute approximate surface area is 200 Å². The number of aryl methyl sites for hydroxylation is 3. The first kappa shape index (κ1) is 27.7. The lowest BCUT2D eigenvalue weighted by molar-refractivity contribution is 0.361. The summed E-state index contributed by atoms with van der Waals surface area (Å²) >= 11 is 3.63. The Morgan fingerprint density at radius 2 is 1.68 bits per heavy atom. The van der Waals surface area contributed by atoms with Crippen molar-refractivity contribution in [2.24, 2.45) is 5.92 Å². The SMILES string of the molecule is CC.CC.CCCCC(CCC)C1c2ncc(Br)cc2CCc2cc(C)cc(OC)c21. The number of nitrogens with zero attached hydrogens (tertiary/aromatic N) is 1. The standard InChI is InChI=1S/C24H32BrNO.2C2H6/c1-5-7-9-17(8-6-2)23-22-18(12-16(3)13-21(22)27-4)10-11-19-14-20(25)15-26-24(19)23;2*1-2/h12-15,17,23H,5-11H2,1-4H3;2*1-2H3. The minimum absolute atomic E-state index is 0.327. The van der Waals surface area contributed by atoms with E-state index in [4.69, 9.17) is 9.72 Å². The summed E-state index contributed by atoms with van der Waals surface area (Å²) in [4.78, 5) is 4.97. The van der Waals surface area contributed by atoms with Crippen molar-refractivity contribution < 1.29 is 4.74 Å². The Morgan fingerprint density at radius 1 is 1.00 bits per heavy atom. The van der Waals surface area contributed by atoms with Crippen molar-refractivity contribution in [2.45, 2.75) is 99.3 Å². The summed E-state index contributed by atoms with van der Waals surface area (Å²) in [5, 5.41) is 0. The molecule has 0 fully saturated rings. The van der Waals surface area contributed by atoms with Gasteiger partial charge in [-0.3, -0.25) is 4.98 Å². The van der Waals surface area contributed by atoms with E-state index < -0.39 is 0 Å². The number of hydrogen-bond acceptors (Lipinski definition) is 2. The van der Waals surface area contributed by atoms with Gasteiger partial charge in [-0.05, 0) is 83.3 Å². The molecule has 0 saturated carbocycles. The first-order chi connectivity index (χ1) is 15.1. The van der Waals surface area contributed by atoms with Crippen LogP contribution < -0.4 is 4.74 Å². The maximum Gasteiger partial charge on any atom is 0.123 e. The summed E-state index contributed by atoms with van der Waals surface area (Å²) in [6.45, 7) is 14.8. The van der Waals surface area contributed by atoms with Crippen LogP contribution in [0.5, 0.6) is 5.75 Å². The molecule has 0 aliphatic heterocycles. The van der Waals surface area contributed by atoms with Crippen LogP contribution in [0.2, 0.25) is 0 Å². The van der Waals surface area contributed by atoms with Crippen LogP contribution in [-0.2, 0) is 12.8 Å². The molecule has 31 heavy (non-hydrogen) atoms. The number of unbranched alkanes of at least 4 members (excludes halogenated alkanes) is 1. The number of benzene rings is 1. The summed E-state index contributed by atoms with van der Waals surface area (Å²) in [6, 6.07) is 6.86. The molecule has 0 spiro atoms. The number of ether oxygens (including phenoxy) is 1. The van der Waals surface area contributed by atoms with Gasteiger partial charge >= 0.3 is 0 Å². The zero-order valence-electron chi connectivity index (χ0n) is 21.1. The predicted molar refractivity (Wildman–Crippen MR) is 140 cm³/mol. The number of fused-ring (bicyclic) bond motifs is 2. The van der Waals surface area contributed by atoms with Crippen LogP contribution in [0.3, 0.4) is 0 Å². The number of pyridine rings is 1. The molecule has 1 heterocycles. The molecule has 1 aliphatic rings. The van der Waals surface area contributed by atoms with Gasteiger partial charge in [0, 0.05) is 22.2 Å². The van der Waals surface area contributed by atoms with Gasteiger partial charge in [0.1, 0.15) is 5.75 Å². The van der Waals surface area contributed by atoms with Gasteiger partial charge in [-0.15, -0.1) is 0 Å². The highest BCUT2D eigenvalue weighted by Gasteiger charge is 2.33. The van der Waals surface area contributed by atoms with E-state index >= 15 is 0 Å². The van der Waals surface area contributed by atoms with Gasteiger partial charge in [-0.2, -0.15) is 0 Å². The molecule has 0 bridgehead atoms. The van der Waals surface area contributed by atoms with Crippen molar-refractivity contribution >= 4 is 15.9 Å². The summed E-state index contributed by atoms with van der Waals surface area (Å²) < 4.78 is 6.99. The zero-order valence-corrected chi connectivity index (χ0v) is 22.7. The van der Waals surface area contributed by atoms with E-state index in [9.17, 15) is 0 Å². The van der Waals surface area contributed by atoms with Gasteiger partial charge in [0.25, 0.3) is 0 Å². The third kappa shape index (κ3) is 7.07. The molecule has 3 rings (SSSR count). The molecule has 3 heteroatoms. The Morgan fingerprint density at radius 3 is 2.29 bits per heavy atom. The van der Waals surface area contributed by atoms with E-state index in [1.54, 1.807) is 0 Å². The molecule has 2 unspecified atom stereocenters. The van der Waals surface area contributed by atoms with E-state index in [0.29, 0.717) is 11.8 Å². The van der Waals surface area contributed by atoms with Crippen molar-refractivity contribution in [1.29, 1.82) is 0 Å². The second kappa shape index (κ2) is 14.7. The van der Waals surface area contributed by atoms with Crippen LogP contribution in [0.15, 0.2) is 28.9 Å². The Balaban J connectivity index is 0.00000113. The molecule has 2 nitrogen and oxygen atoms in total. The lowest BCUT2D eigenvalue weighted by Gasteiger charge is -2.30. The molecule has 174 valence electrons. The summed E-state index contributed by atoms with van der Waals surface area (Å²) in [5.41, 5.74) is 6.79. The average Bonchev–Trinajstić information content (AvgIpc) is 2.95. The molecule has 2 aromatic rings. The minimum Gasteiger partial charge on any atom is -0.496 e. The lowest BCUT2D eigenvalue weighted by atomic mass is 9.76. The second-order valence-electron chi connectivity index (χ2n) is 7.91. The number of rotatable bonds is 7. The largest absolute Gasteiger partial charge is 0.496 e. The highest BCUT2D eigenvalue weighted by atomic mass is 79.9. The maximum atomic E-state index is 5.91.